The van der Waals surface area contributed by atoms with E-state index in [9.17, 15) is 32.8 Å². The van der Waals surface area contributed by atoms with Crippen LogP contribution in [0.4, 0.5) is 4.39 Å². The van der Waals surface area contributed by atoms with Gasteiger partial charge in [0.2, 0.25) is 21.6 Å². The van der Waals surface area contributed by atoms with Gasteiger partial charge >= 0.3 is 0 Å². The summed E-state index contributed by atoms with van der Waals surface area (Å²) < 4.78 is 42.6. The van der Waals surface area contributed by atoms with E-state index in [1.165, 1.54) is 34.9 Å². The summed E-state index contributed by atoms with van der Waals surface area (Å²) in [5, 5.41) is 20.2. The summed E-state index contributed by atoms with van der Waals surface area (Å²) in [7, 11) is -4.58. The molecule has 11 heteroatoms. The number of aromatic nitrogens is 2. The van der Waals surface area contributed by atoms with Gasteiger partial charge in [-0.05, 0) is 65.9 Å². The summed E-state index contributed by atoms with van der Waals surface area (Å²) in [6.07, 6.45) is 2.12. The molecule has 0 radical (unpaired) electrons. The van der Waals surface area contributed by atoms with Crippen LogP contribution < -0.4 is 11.3 Å². The number of nitrogens with zero attached hydrogens (tertiary/aromatic N) is 3. The number of amides is 1. The molecule has 3 N–H and O–H groups in total. The predicted octanol–water partition coefficient (Wildman–Crippen LogP) is 4.90. The van der Waals surface area contributed by atoms with Crippen molar-refractivity contribution in [3.8, 4) is 23.1 Å². The number of rotatable bonds is 10. The Balaban J connectivity index is 1.87. The molecule has 0 spiro atoms. The molecular formula is C31H29FN4O5S. The van der Waals surface area contributed by atoms with E-state index in [1.54, 1.807) is 24.3 Å². The maximum Gasteiger partial charge on any atom is 0.277 e. The summed E-state index contributed by atoms with van der Waals surface area (Å²) in [6.45, 7) is 3.78. The van der Waals surface area contributed by atoms with Gasteiger partial charge in [0.05, 0.1) is 22.6 Å². The highest BCUT2D eigenvalue weighted by Gasteiger charge is 2.31. The van der Waals surface area contributed by atoms with Crippen LogP contribution in [0.25, 0.3) is 11.1 Å². The normalized spacial score (nSPS) is 12.0. The molecule has 1 heterocycles. The van der Waals surface area contributed by atoms with Gasteiger partial charge in [0.15, 0.2) is 4.90 Å². The van der Waals surface area contributed by atoms with Gasteiger partial charge < -0.3 is 10.8 Å². The fourth-order valence-electron chi connectivity index (χ4n) is 4.90. The van der Waals surface area contributed by atoms with Gasteiger partial charge in [-0.15, -0.1) is 0 Å². The van der Waals surface area contributed by atoms with Crippen LogP contribution in [0.15, 0.2) is 81.3 Å². The van der Waals surface area contributed by atoms with Crippen LogP contribution in [0.1, 0.15) is 66.5 Å². The van der Waals surface area contributed by atoms with Crippen LogP contribution >= 0.6 is 0 Å². The van der Waals surface area contributed by atoms with Crippen LogP contribution in [0.2, 0.25) is 0 Å². The van der Waals surface area contributed by atoms with Gasteiger partial charge in [0.1, 0.15) is 11.6 Å². The number of carbonyl (C=O) groups excluding carboxylic acids is 1. The summed E-state index contributed by atoms with van der Waals surface area (Å²) in [5.41, 5.74) is 6.08. The summed E-state index contributed by atoms with van der Waals surface area (Å²) in [6, 6.07) is 16.9. The molecule has 4 aromatic rings. The number of sulfone groups is 1. The molecule has 3 aromatic carbocycles. The number of carbonyl (C=O) groups is 1. The molecule has 0 bridgehead atoms. The molecule has 0 fully saturated rings. The molecule has 0 aliphatic heterocycles. The number of benzene rings is 3. The third-order valence-electron chi connectivity index (χ3n) is 6.97. The Bertz CT molecular complexity index is 1860. The SMILES string of the molecule is CCCCc1nc(O)c(S(=O)(=O)c2ccc(-c3ccc(F)cc3C(N)=O)cc2)c(=O)n1[C@@H](CC)c1cccc(C#N)c1. The lowest BCUT2D eigenvalue weighted by molar-refractivity contribution is 0.100. The molecule has 0 saturated heterocycles. The Labute approximate surface area is 242 Å². The first kappa shape index (κ1) is 30.1. The van der Waals surface area contributed by atoms with E-state index >= 15 is 0 Å². The standard InChI is InChI=1S/C31H29FN4O5S/c1-3-5-9-27-35-30(38)28(31(39)36(27)26(4-2)21-8-6-7-19(16-21)18-33)42(40,41)23-13-10-20(11-14-23)24-15-12-22(32)17-25(24)29(34)37/h6-8,10-17,26,38H,3-5,9H2,1-2H3,(H2,34,37)/t26-/m0/s1. The third kappa shape index (κ3) is 5.80. The fraction of sp³-hybridized carbons (Fsp3) is 0.226. The Morgan fingerprint density at radius 1 is 1.12 bits per heavy atom. The lowest BCUT2D eigenvalue weighted by Crippen LogP contribution is -2.33. The fourth-order valence-corrected chi connectivity index (χ4v) is 6.25. The van der Waals surface area contributed by atoms with Crippen molar-refractivity contribution in [2.45, 2.75) is 55.4 Å². The van der Waals surface area contributed by atoms with Gasteiger partial charge in [-0.1, -0.05) is 50.6 Å². The van der Waals surface area contributed by atoms with E-state index in [2.05, 4.69) is 11.1 Å². The van der Waals surface area contributed by atoms with E-state index in [4.69, 9.17) is 5.73 Å². The highest BCUT2D eigenvalue weighted by Crippen LogP contribution is 2.31. The zero-order valence-electron chi connectivity index (χ0n) is 23.0. The third-order valence-corrected chi connectivity index (χ3v) is 8.76. The smallest absolute Gasteiger partial charge is 0.277 e. The number of halogens is 1. The molecule has 9 nitrogen and oxygen atoms in total. The number of unbranched alkanes of at least 4 members (excludes halogenated alkanes) is 1. The molecule has 0 aliphatic carbocycles. The van der Waals surface area contributed by atoms with Gasteiger partial charge in [0.25, 0.3) is 5.56 Å². The topological polar surface area (TPSA) is 156 Å². The van der Waals surface area contributed by atoms with Gasteiger partial charge in [-0.25, -0.2) is 12.8 Å². The number of hydrogen-bond donors (Lipinski definition) is 2. The van der Waals surface area contributed by atoms with E-state index < -0.39 is 43.9 Å². The highest BCUT2D eigenvalue weighted by atomic mass is 32.2. The Morgan fingerprint density at radius 2 is 1.83 bits per heavy atom. The summed E-state index contributed by atoms with van der Waals surface area (Å²) in [4.78, 5) is 28.9. The molecule has 0 saturated carbocycles. The van der Waals surface area contributed by atoms with Crippen LogP contribution in [0.3, 0.4) is 0 Å². The van der Waals surface area contributed by atoms with Crippen molar-refractivity contribution < 1.29 is 22.7 Å². The molecule has 1 amide bonds. The molecule has 1 atom stereocenters. The van der Waals surface area contributed by atoms with E-state index in [0.717, 1.165) is 18.6 Å². The van der Waals surface area contributed by atoms with Crippen LogP contribution in [-0.2, 0) is 16.3 Å². The zero-order valence-corrected chi connectivity index (χ0v) is 23.9. The Kier molecular flexibility index (Phi) is 8.87. The number of primary amides is 1. The van der Waals surface area contributed by atoms with Crippen LogP contribution in [0.5, 0.6) is 5.88 Å². The van der Waals surface area contributed by atoms with E-state index in [0.29, 0.717) is 41.5 Å². The Morgan fingerprint density at radius 3 is 2.45 bits per heavy atom. The second-order valence-electron chi connectivity index (χ2n) is 9.70. The number of nitriles is 1. The molecular weight excluding hydrogens is 559 g/mol. The molecule has 1 aromatic heterocycles. The van der Waals surface area contributed by atoms with Crippen LogP contribution in [-0.4, -0.2) is 29.0 Å². The molecule has 42 heavy (non-hydrogen) atoms. The van der Waals surface area contributed by atoms with Gasteiger partial charge in [-0.3, -0.25) is 14.2 Å². The van der Waals surface area contributed by atoms with Gasteiger partial charge in [0, 0.05) is 12.0 Å². The quantitative estimate of drug-likeness (QED) is 0.267. The van der Waals surface area contributed by atoms with Crippen molar-refractivity contribution in [2.24, 2.45) is 5.73 Å². The lowest BCUT2D eigenvalue weighted by Gasteiger charge is -2.23. The molecule has 216 valence electrons. The first-order valence-electron chi connectivity index (χ1n) is 13.3. The number of nitrogens with two attached hydrogens (primary N) is 1. The van der Waals surface area contributed by atoms with Crippen molar-refractivity contribution in [3.05, 3.63) is 105 Å². The monoisotopic (exact) mass is 588 g/mol. The van der Waals surface area contributed by atoms with E-state index in [1.807, 2.05) is 13.8 Å². The summed E-state index contributed by atoms with van der Waals surface area (Å²) >= 11 is 0. The second kappa shape index (κ2) is 12.4. The van der Waals surface area contributed by atoms with Crippen molar-refractivity contribution in [3.63, 3.8) is 0 Å². The van der Waals surface area contributed by atoms with Crippen molar-refractivity contribution >= 4 is 15.7 Å². The van der Waals surface area contributed by atoms with Crippen molar-refractivity contribution in [2.75, 3.05) is 0 Å². The molecule has 4 rings (SSSR count). The second-order valence-corrected chi connectivity index (χ2v) is 11.6. The predicted molar refractivity (Wildman–Crippen MR) is 154 cm³/mol. The van der Waals surface area contributed by atoms with Gasteiger partial charge in [-0.2, -0.15) is 10.2 Å². The minimum atomic E-state index is -4.58. The summed E-state index contributed by atoms with van der Waals surface area (Å²) in [5.74, 6) is -2.18. The maximum atomic E-state index is 14.0. The largest absolute Gasteiger partial charge is 0.492 e. The average molecular weight is 589 g/mol. The first-order valence-corrected chi connectivity index (χ1v) is 14.8. The zero-order chi connectivity index (χ0) is 30.6. The van der Waals surface area contributed by atoms with Crippen molar-refractivity contribution in [1.82, 2.24) is 9.55 Å². The molecule has 0 aliphatic rings. The van der Waals surface area contributed by atoms with E-state index in [-0.39, 0.29) is 16.3 Å². The molecule has 0 unspecified atom stereocenters. The highest BCUT2D eigenvalue weighted by molar-refractivity contribution is 7.91. The minimum Gasteiger partial charge on any atom is -0.492 e. The van der Waals surface area contributed by atoms with Crippen LogP contribution in [0, 0.1) is 17.1 Å². The lowest BCUT2D eigenvalue weighted by atomic mass is 9.99. The Hall–Kier alpha value is -4.82. The first-order chi connectivity index (χ1) is 20.0. The average Bonchev–Trinajstić information content (AvgIpc) is 2.97. The number of hydrogen-bond acceptors (Lipinski definition) is 7. The number of aryl methyl sites for hydroxylation is 1. The maximum absolute atomic E-state index is 14.0. The van der Waals surface area contributed by atoms with Crippen molar-refractivity contribution in [1.29, 1.82) is 5.26 Å². The number of aromatic hydroxyl groups is 1. The minimum absolute atomic E-state index is 0.0796.